The van der Waals surface area contributed by atoms with E-state index in [4.69, 9.17) is 10.8 Å². The lowest BCUT2D eigenvalue weighted by Gasteiger charge is -2.29. The number of anilines is 1. The van der Waals surface area contributed by atoms with Gasteiger partial charge in [-0.3, -0.25) is 24.6 Å². The van der Waals surface area contributed by atoms with E-state index in [2.05, 4.69) is 15.5 Å². The molecule has 0 spiro atoms. The van der Waals surface area contributed by atoms with Gasteiger partial charge in [0.1, 0.15) is 17.6 Å². The fourth-order valence-corrected chi connectivity index (χ4v) is 4.85. The molecule has 9 nitrogen and oxygen atoms in total. The number of fused-ring (bicyclic) bond motifs is 1. The van der Waals surface area contributed by atoms with Gasteiger partial charge in [0.05, 0.1) is 21.2 Å². The van der Waals surface area contributed by atoms with E-state index in [9.17, 15) is 18.8 Å². The quantitative estimate of drug-likeness (QED) is 0.394. The largest absolute Gasteiger partial charge is 0.494 e. The molecule has 3 aliphatic heterocycles. The zero-order valence-electron chi connectivity index (χ0n) is 21.6. The van der Waals surface area contributed by atoms with Gasteiger partial charge in [-0.1, -0.05) is 6.07 Å². The molecule has 0 bridgehead atoms. The first-order valence-electron chi connectivity index (χ1n) is 13.1. The van der Waals surface area contributed by atoms with E-state index in [0.717, 1.165) is 39.3 Å². The molecular weight excluding hydrogens is 479 g/mol. The molecule has 196 valence electrons. The molecule has 2 aromatic carbocycles. The lowest BCUT2D eigenvalue weighted by atomic mass is 10.0. The van der Waals surface area contributed by atoms with Gasteiger partial charge in [0.25, 0.3) is 5.91 Å². The Morgan fingerprint density at radius 3 is 2.84 bits per heavy atom. The summed E-state index contributed by atoms with van der Waals surface area (Å²) in [4.78, 5) is 40.7. The summed E-state index contributed by atoms with van der Waals surface area (Å²) in [6.07, 6.45) is 0.783. The van der Waals surface area contributed by atoms with Crippen molar-refractivity contribution in [3.05, 3.63) is 58.9 Å². The second-order valence-corrected chi connectivity index (χ2v) is 9.31. The maximum atomic E-state index is 14.6. The molecule has 2 aromatic rings. The van der Waals surface area contributed by atoms with Crippen LogP contribution in [-0.4, -0.2) is 73.0 Å². The van der Waals surface area contributed by atoms with Crippen molar-refractivity contribution >= 4 is 23.4 Å². The van der Waals surface area contributed by atoms with Crippen molar-refractivity contribution in [1.29, 1.82) is 0 Å². The Balaban J connectivity index is 1.22. The van der Waals surface area contributed by atoms with Crippen LogP contribution >= 0.6 is 0 Å². The number of hydrogen-bond acceptors (Lipinski definition) is 7. The molecule has 2 fully saturated rings. The maximum absolute atomic E-state index is 14.6. The summed E-state index contributed by atoms with van der Waals surface area (Å²) in [5.41, 5.74) is 2.04. The number of rotatable bonds is 9. The molecule has 10 heteroatoms. The minimum absolute atomic E-state index is 0.00855. The van der Waals surface area contributed by atoms with Crippen molar-refractivity contribution in [2.45, 2.75) is 38.4 Å². The lowest BCUT2D eigenvalue weighted by Crippen LogP contribution is -2.52. The van der Waals surface area contributed by atoms with Crippen LogP contribution < -0.4 is 15.4 Å². The summed E-state index contributed by atoms with van der Waals surface area (Å²) in [7, 11) is 0. The van der Waals surface area contributed by atoms with E-state index in [-0.39, 0.29) is 31.7 Å². The van der Waals surface area contributed by atoms with Crippen molar-refractivity contribution in [2.75, 3.05) is 44.8 Å². The zero-order valence-corrected chi connectivity index (χ0v) is 20.6. The second-order valence-electron chi connectivity index (χ2n) is 9.31. The molecule has 0 aliphatic carbocycles. The minimum Gasteiger partial charge on any atom is -0.494 e. The molecule has 3 amide bonds. The normalized spacial score (nSPS) is 22.5. The molecular formula is C27H31FN4O5. The summed E-state index contributed by atoms with van der Waals surface area (Å²) < 4.78 is 34.5. The maximum Gasteiger partial charge on any atom is 0.255 e. The van der Waals surface area contributed by atoms with Crippen LogP contribution in [0.3, 0.4) is 0 Å². The summed E-state index contributed by atoms with van der Waals surface area (Å²) in [6.45, 7) is 5.00. The Kier molecular flexibility index (Phi) is 7.27. The lowest BCUT2D eigenvalue weighted by molar-refractivity contribution is -0.136. The molecule has 0 radical (unpaired) electrons. The number of nitrogens with one attached hydrogen (secondary N) is 2. The van der Waals surface area contributed by atoms with Gasteiger partial charge in [0, 0.05) is 61.5 Å². The zero-order chi connectivity index (χ0) is 26.7. The number of piperidine rings is 1. The van der Waals surface area contributed by atoms with Gasteiger partial charge >= 0.3 is 0 Å². The van der Waals surface area contributed by atoms with Crippen LogP contribution in [-0.2, 0) is 27.4 Å². The summed E-state index contributed by atoms with van der Waals surface area (Å²) in [6, 6.07) is 7.92. The molecule has 1 atom stereocenters. The third kappa shape index (κ3) is 5.75. The Bertz CT molecular complexity index is 1240. The van der Waals surface area contributed by atoms with Gasteiger partial charge < -0.3 is 19.7 Å². The van der Waals surface area contributed by atoms with Gasteiger partial charge in [-0.15, -0.1) is 0 Å². The number of amides is 3. The number of carbonyl (C=O) groups excluding carboxylic acids is 3. The molecule has 1 unspecified atom stereocenters. The monoisotopic (exact) mass is 511 g/mol. The molecule has 3 heterocycles. The SMILES string of the molecule is [2H]C1(N2Cc3c(NCc4cc(OCCCN5CCOCC5)ccc4F)cccc3C2=O)CCC(=O)NC1=O. The third-order valence-corrected chi connectivity index (χ3v) is 6.88. The average molecular weight is 512 g/mol. The third-order valence-electron chi connectivity index (χ3n) is 6.88. The van der Waals surface area contributed by atoms with Crippen molar-refractivity contribution in [2.24, 2.45) is 0 Å². The number of hydrogen-bond donors (Lipinski definition) is 2. The van der Waals surface area contributed by atoms with Gasteiger partial charge in [0.15, 0.2) is 0 Å². The first-order valence-corrected chi connectivity index (χ1v) is 12.6. The number of imide groups is 1. The Morgan fingerprint density at radius 1 is 1.19 bits per heavy atom. The molecule has 5 rings (SSSR count). The highest BCUT2D eigenvalue weighted by molar-refractivity contribution is 6.06. The van der Waals surface area contributed by atoms with Gasteiger partial charge in [-0.05, 0) is 43.2 Å². The van der Waals surface area contributed by atoms with E-state index < -0.39 is 23.7 Å². The topological polar surface area (TPSA) is 100 Å². The number of carbonyl (C=O) groups is 3. The minimum atomic E-state index is -1.86. The van der Waals surface area contributed by atoms with Crippen LogP contribution in [0.2, 0.25) is 0 Å². The van der Waals surface area contributed by atoms with E-state index in [1.54, 1.807) is 30.3 Å². The number of benzene rings is 2. The summed E-state index contributed by atoms with van der Waals surface area (Å²) in [5, 5.41) is 5.37. The molecule has 37 heavy (non-hydrogen) atoms. The number of nitrogens with zero attached hydrogens (tertiary/aromatic N) is 2. The molecule has 0 saturated carbocycles. The van der Waals surface area contributed by atoms with E-state index >= 15 is 0 Å². The first-order chi connectivity index (χ1) is 18.3. The van der Waals surface area contributed by atoms with Gasteiger partial charge in [-0.2, -0.15) is 0 Å². The van der Waals surface area contributed by atoms with Crippen LogP contribution in [0.15, 0.2) is 36.4 Å². The number of morpholine rings is 1. The molecule has 0 aromatic heterocycles. The van der Waals surface area contributed by atoms with E-state index in [1.807, 2.05) is 0 Å². The predicted octanol–water partition coefficient (Wildman–Crippen LogP) is 2.30. The van der Waals surface area contributed by atoms with Crippen LogP contribution in [0.5, 0.6) is 5.75 Å². The van der Waals surface area contributed by atoms with Crippen LogP contribution in [0.1, 0.15) is 42.1 Å². The highest BCUT2D eigenvalue weighted by Gasteiger charge is 2.39. The number of halogens is 1. The fraction of sp³-hybridized carbons (Fsp3) is 0.444. The Labute approximate surface area is 216 Å². The van der Waals surface area contributed by atoms with Crippen molar-refractivity contribution < 1.29 is 29.6 Å². The van der Waals surface area contributed by atoms with Gasteiger partial charge in [-0.25, -0.2) is 4.39 Å². The molecule has 2 saturated heterocycles. The first kappa shape index (κ1) is 23.9. The number of ether oxygens (including phenoxy) is 2. The van der Waals surface area contributed by atoms with Crippen LogP contribution in [0.25, 0.3) is 0 Å². The van der Waals surface area contributed by atoms with Crippen molar-refractivity contribution in [3.8, 4) is 5.75 Å². The van der Waals surface area contributed by atoms with Crippen molar-refractivity contribution in [1.82, 2.24) is 15.1 Å². The average Bonchev–Trinajstić information content (AvgIpc) is 3.27. The second kappa shape index (κ2) is 11.3. The van der Waals surface area contributed by atoms with E-state index in [1.165, 1.54) is 11.0 Å². The molecule has 3 aliphatic rings. The van der Waals surface area contributed by atoms with E-state index in [0.29, 0.717) is 34.7 Å². The fourth-order valence-electron chi connectivity index (χ4n) is 4.85. The molecule has 2 N–H and O–H groups in total. The highest BCUT2D eigenvalue weighted by atomic mass is 19.1. The van der Waals surface area contributed by atoms with Crippen molar-refractivity contribution in [3.63, 3.8) is 0 Å². The Morgan fingerprint density at radius 2 is 2.03 bits per heavy atom. The summed E-state index contributed by atoms with van der Waals surface area (Å²) >= 11 is 0. The highest BCUT2D eigenvalue weighted by Crippen LogP contribution is 2.32. The smallest absolute Gasteiger partial charge is 0.255 e. The predicted molar refractivity (Wildman–Crippen MR) is 134 cm³/mol. The summed E-state index contributed by atoms with van der Waals surface area (Å²) in [5.74, 6) is -1.49. The van der Waals surface area contributed by atoms with Crippen LogP contribution in [0.4, 0.5) is 10.1 Å². The van der Waals surface area contributed by atoms with Gasteiger partial charge in [0.2, 0.25) is 11.8 Å². The van der Waals surface area contributed by atoms with Crippen LogP contribution in [0, 0.1) is 5.82 Å². The Hall–Kier alpha value is -3.50. The standard InChI is InChI=1S/C27H31FN4O5/c28-22-6-5-19(37-12-2-9-31-10-13-36-14-11-31)15-18(22)16-29-23-4-1-3-20-21(23)17-32(27(20)35)24-7-8-25(33)30-26(24)34/h1,3-6,15,24,29H,2,7-14,16-17H2,(H,30,33,34)/i24D.